The molecule has 17 heavy (non-hydrogen) atoms. The van der Waals surface area contributed by atoms with Gasteiger partial charge in [-0.1, -0.05) is 22.0 Å². The Kier molecular flexibility index (Phi) is 5.55. The van der Waals surface area contributed by atoms with E-state index >= 15 is 0 Å². The molecule has 0 radical (unpaired) electrons. The van der Waals surface area contributed by atoms with E-state index < -0.39 is 15.8 Å². The molecule has 1 aromatic carbocycles. The molecule has 0 fully saturated rings. The number of benzene rings is 1. The molecule has 0 spiro atoms. The highest BCUT2D eigenvalue weighted by Gasteiger charge is 2.17. The van der Waals surface area contributed by atoms with E-state index in [1.54, 1.807) is 6.92 Å². The Hall–Kier alpha value is -0.460. The quantitative estimate of drug-likeness (QED) is 0.818. The maximum atomic E-state index is 12.9. The average Bonchev–Trinajstić information content (AvgIpc) is 2.26. The SMILES string of the molecule is CC(CCCBr)NS(=O)(=O)c1cccc(F)c1. The van der Waals surface area contributed by atoms with Crippen molar-refractivity contribution in [2.45, 2.75) is 30.7 Å². The van der Waals surface area contributed by atoms with Gasteiger partial charge >= 0.3 is 0 Å². The number of hydrogen-bond acceptors (Lipinski definition) is 2. The first-order chi connectivity index (χ1) is 7.95. The van der Waals surface area contributed by atoms with E-state index in [0.29, 0.717) is 0 Å². The Morgan fingerprint density at radius 2 is 2.18 bits per heavy atom. The summed E-state index contributed by atoms with van der Waals surface area (Å²) in [4.78, 5) is -0.0387. The Labute approximate surface area is 110 Å². The minimum Gasteiger partial charge on any atom is -0.208 e. The van der Waals surface area contributed by atoms with Crippen molar-refractivity contribution in [3.63, 3.8) is 0 Å². The first-order valence-electron chi connectivity index (χ1n) is 5.29. The summed E-state index contributed by atoms with van der Waals surface area (Å²) >= 11 is 3.29. The number of nitrogens with one attached hydrogen (secondary N) is 1. The second-order valence-corrected chi connectivity index (χ2v) is 6.32. The molecule has 0 aromatic heterocycles. The number of halogens is 2. The van der Waals surface area contributed by atoms with E-state index in [1.807, 2.05) is 0 Å². The lowest BCUT2D eigenvalue weighted by atomic mass is 10.2. The van der Waals surface area contributed by atoms with Gasteiger partial charge in [0.1, 0.15) is 5.82 Å². The minimum absolute atomic E-state index is 0.0387. The lowest BCUT2D eigenvalue weighted by molar-refractivity contribution is 0.543. The van der Waals surface area contributed by atoms with Gasteiger partial charge in [-0.3, -0.25) is 0 Å². The van der Waals surface area contributed by atoms with Crippen LogP contribution in [-0.4, -0.2) is 19.8 Å². The van der Waals surface area contributed by atoms with Gasteiger partial charge in [-0.25, -0.2) is 17.5 Å². The van der Waals surface area contributed by atoms with Crippen LogP contribution in [-0.2, 0) is 10.0 Å². The molecule has 1 atom stereocenters. The van der Waals surface area contributed by atoms with E-state index in [9.17, 15) is 12.8 Å². The van der Waals surface area contributed by atoms with Crippen molar-refractivity contribution in [2.24, 2.45) is 0 Å². The van der Waals surface area contributed by atoms with E-state index in [1.165, 1.54) is 18.2 Å². The maximum absolute atomic E-state index is 12.9. The summed E-state index contributed by atoms with van der Waals surface area (Å²) in [7, 11) is -3.62. The smallest absolute Gasteiger partial charge is 0.208 e. The molecule has 1 N–H and O–H groups in total. The van der Waals surface area contributed by atoms with Crippen molar-refractivity contribution in [1.29, 1.82) is 0 Å². The normalized spacial score (nSPS) is 13.6. The van der Waals surface area contributed by atoms with E-state index in [0.717, 1.165) is 24.2 Å². The predicted molar refractivity (Wildman–Crippen MR) is 69.2 cm³/mol. The third-order valence-corrected chi connectivity index (χ3v) is 4.38. The molecule has 1 unspecified atom stereocenters. The fourth-order valence-electron chi connectivity index (χ4n) is 1.41. The zero-order valence-electron chi connectivity index (χ0n) is 9.49. The van der Waals surface area contributed by atoms with Crippen LogP contribution >= 0.6 is 15.9 Å². The van der Waals surface area contributed by atoms with Gasteiger partial charge in [0.25, 0.3) is 0 Å². The number of sulfonamides is 1. The summed E-state index contributed by atoms with van der Waals surface area (Å²) < 4.78 is 39.2. The van der Waals surface area contributed by atoms with Crippen LogP contribution in [0.2, 0.25) is 0 Å². The largest absolute Gasteiger partial charge is 0.240 e. The predicted octanol–water partition coefficient (Wildman–Crippen LogP) is 2.67. The first kappa shape index (κ1) is 14.6. The summed E-state index contributed by atoms with van der Waals surface area (Å²) in [6.45, 7) is 1.79. The van der Waals surface area contributed by atoms with E-state index in [-0.39, 0.29) is 10.9 Å². The zero-order valence-corrected chi connectivity index (χ0v) is 11.9. The third kappa shape index (κ3) is 4.73. The van der Waals surface area contributed by atoms with Crippen molar-refractivity contribution in [3.8, 4) is 0 Å². The summed E-state index contributed by atoms with van der Waals surface area (Å²) in [5.41, 5.74) is 0. The summed E-state index contributed by atoms with van der Waals surface area (Å²) in [5.74, 6) is -0.555. The summed E-state index contributed by atoms with van der Waals surface area (Å²) in [5, 5.41) is 0.832. The van der Waals surface area contributed by atoms with Crippen molar-refractivity contribution < 1.29 is 12.8 Å². The Balaban J connectivity index is 2.75. The highest BCUT2D eigenvalue weighted by Crippen LogP contribution is 2.12. The van der Waals surface area contributed by atoms with Gasteiger partial charge < -0.3 is 0 Å². The first-order valence-corrected chi connectivity index (χ1v) is 7.90. The second-order valence-electron chi connectivity index (χ2n) is 3.81. The Morgan fingerprint density at radius 1 is 1.47 bits per heavy atom. The molecule has 3 nitrogen and oxygen atoms in total. The highest BCUT2D eigenvalue weighted by molar-refractivity contribution is 9.09. The molecule has 0 saturated carbocycles. The molecule has 1 rings (SSSR count). The molecule has 1 aromatic rings. The van der Waals surface area contributed by atoms with Crippen molar-refractivity contribution in [2.75, 3.05) is 5.33 Å². The van der Waals surface area contributed by atoms with Crippen LogP contribution in [0.1, 0.15) is 19.8 Å². The molecule has 0 aliphatic heterocycles. The van der Waals surface area contributed by atoms with Crippen LogP contribution in [0, 0.1) is 5.82 Å². The number of alkyl halides is 1. The second kappa shape index (κ2) is 6.47. The molecule has 0 bridgehead atoms. The lowest BCUT2D eigenvalue weighted by Gasteiger charge is -2.13. The van der Waals surface area contributed by atoms with Crippen LogP contribution in [0.5, 0.6) is 0 Å². The molecule has 96 valence electrons. The van der Waals surface area contributed by atoms with Crippen LogP contribution in [0.15, 0.2) is 29.2 Å². The minimum atomic E-state index is -3.62. The van der Waals surface area contributed by atoms with Crippen molar-refractivity contribution >= 4 is 26.0 Å². The highest BCUT2D eigenvalue weighted by atomic mass is 79.9. The fourth-order valence-corrected chi connectivity index (χ4v) is 3.04. The van der Waals surface area contributed by atoms with Crippen LogP contribution in [0.4, 0.5) is 4.39 Å². The molecule has 6 heteroatoms. The monoisotopic (exact) mass is 323 g/mol. The van der Waals surface area contributed by atoms with E-state index in [2.05, 4.69) is 20.7 Å². The molecule has 0 aliphatic carbocycles. The van der Waals surface area contributed by atoms with Gasteiger partial charge in [-0.05, 0) is 38.0 Å². The van der Waals surface area contributed by atoms with Gasteiger partial charge in [0.15, 0.2) is 0 Å². The maximum Gasteiger partial charge on any atom is 0.240 e. The van der Waals surface area contributed by atoms with Gasteiger partial charge in [0, 0.05) is 11.4 Å². The van der Waals surface area contributed by atoms with Crippen molar-refractivity contribution in [1.82, 2.24) is 4.72 Å². The lowest BCUT2D eigenvalue weighted by Crippen LogP contribution is -2.32. The van der Waals surface area contributed by atoms with E-state index in [4.69, 9.17) is 0 Å². The molecular formula is C11H15BrFNO2S. The summed E-state index contributed by atoms with van der Waals surface area (Å²) in [6, 6.07) is 4.82. The van der Waals surface area contributed by atoms with Gasteiger partial charge in [-0.15, -0.1) is 0 Å². The van der Waals surface area contributed by atoms with Crippen LogP contribution in [0.25, 0.3) is 0 Å². The summed E-state index contributed by atoms with van der Waals surface area (Å²) in [6.07, 6.45) is 1.62. The molecule has 0 heterocycles. The molecule has 0 saturated heterocycles. The van der Waals surface area contributed by atoms with Gasteiger partial charge in [0.05, 0.1) is 4.90 Å². The van der Waals surface area contributed by atoms with Crippen LogP contribution < -0.4 is 4.72 Å². The molecule has 0 aliphatic rings. The van der Waals surface area contributed by atoms with Crippen molar-refractivity contribution in [3.05, 3.63) is 30.1 Å². The Morgan fingerprint density at radius 3 is 2.76 bits per heavy atom. The fraction of sp³-hybridized carbons (Fsp3) is 0.455. The third-order valence-electron chi connectivity index (χ3n) is 2.23. The number of rotatable bonds is 6. The zero-order chi connectivity index (χ0) is 12.9. The standard InChI is InChI=1S/C11H15BrFNO2S/c1-9(4-3-7-12)14-17(15,16)11-6-2-5-10(13)8-11/h2,5-6,8-9,14H,3-4,7H2,1H3. The van der Waals surface area contributed by atoms with Crippen LogP contribution in [0.3, 0.4) is 0 Å². The topological polar surface area (TPSA) is 46.2 Å². The molecular weight excluding hydrogens is 309 g/mol. The van der Waals surface area contributed by atoms with Gasteiger partial charge in [0.2, 0.25) is 10.0 Å². The number of hydrogen-bond donors (Lipinski definition) is 1. The van der Waals surface area contributed by atoms with Gasteiger partial charge in [-0.2, -0.15) is 0 Å². The Bertz CT molecular complexity index is 464. The molecule has 0 amide bonds. The average molecular weight is 324 g/mol.